The number of rotatable bonds is 5. The third kappa shape index (κ3) is 4.53. The van der Waals surface area contributed by atoms with E-state index in [0.717, 1.165) is 5.56 Å². The Morgan fingerprint density at radius 1 is 1.04 bits per heavy atom. The van der Waals surface area contributed by atoms with Gasteiger partial charge in [-0.05, 0) is 35.9 Å². The van der Waals surface area contributed by atoms with Gasteiger partial charge in [-0.15, -0.1) is 0 Å². The molecule has 146 valence electrons. The molecular formula is C20H20N2O6. The fourth-order valence-electron chi connectivity index (χ4n) is 2.52. The number of methoxy groups -OCH3 is 2. The molecule has 0 radical (unpaired) electrons. The molecule has 8 nitrogen and oxygen atoms in total. The van der Waals surface area contributed by atoms with Crippen LogP contribution < -0.4 is 29.8 Å². The van der Waals surface area contributed by atoms with Gasteiger partial charge in [0.25, 0.3) is 11.8 Å². The zero-order chi connectivity index (χ0) is 19.9. The van der Waals surface area contributed by atoms with Crippen molar-refractivity contribution in [3.63, 3.8) is 0 Å². The van der Waals surface area contributed by atoms with Gasteiger partial charge in [0.1, 0.15) is 6.61 Å². The van der Waals surface area contributed by atoms with Crippen LogP contribution in [0.1, 0.15) is 5.56 Å². The van der Waals surface area contributed by atoms with E-state index in [1.54, 1.807) is 49.6 Å². The number of ether oxygens (including phenoxy) is 4. The molecule has 0 bridgehead atoms. The Labute approximate surface area is 162 Å². The molecule has 0 spiro atoms. The van der Waals surface area contributed by atoms with E-state index in [4.69, 9.17) is 18.9 Å². The second-order valence-corrected chi connectivity index (χ2v) is 5.79. The third-order valence-corrected chi connectivity index (χ3v) is 3.94. The first-order valence-electron chi connectivity index (χ1n) is 8.49. The fraction of sp³-hybridized carbons (Fsp3) is 0.200. The second-order valence-electron chi connectivity index (χ2n) is 5.79. The molecule has 1 aliphatic rings. The molecular weight excluding hydrogens is 364 g/mol. The van der Waals surface area contributed by atoms with Crippen molar-refractivity contribution < 1.29 is 28.5 Å². The highest BCUT2D eigenvalue weighted by Crippen LogP contribution is 2.31. The molecule has 2 aromatic carbocycles. The SMILES string of the molecule is COc1ccc(/C=C/C(=O)NNC(=O)C2COc3ccccc3O2)cc1OC. The van der Waals surface area contributed by atoms with E-state index >= 15 is 0 Å². The first-order valence-corrected chi connectivity index (χ1v) is 8.49. The zero-order valence-electron chi connectivity index (χ0n) is 15.4. The van der Waals surface area contributed by atoms with Gasteiger partial charge in [-0.2, -0.15) is 0 Å². The van der Waals surface area contributed by atoms with Crippen LogP contribution in [0.4, 0.5) is 0 Å². The summed E-state index contributed by atoms with van der Waals surface area (Å²) in [6, 6.07) is 12.3. The van der Waals surface area contributed by atoms with Crippen LogP contribution in [0.2, 0.25) is 0 Å². The van der Waals surface area contributed by atoms with Crippen LogP contribution in [0.15, 0.2) is 48.5 Å². The predicted molar refractivity (Wildman–Crippen MR) is 101 cm³/mol. The van der Waals surface area contributed by atoms with E-state index in [1.807, 2.05) is 6.07 Å². The van der Waals surface area contributed by atoms with Gasteiger partial charge in [0.2, 0.25) is 6.10 Å². The van der Waals surface area contributed by atoms with Gasteiger partial charge < -0.3 is 18.9 Å². The van der Waals surface area contributed by atoms with Gasteiger partial charge in [0.15, 0.2) is 23.0 Å². The lowest BCUT2D eigenvalue weighted by Crippen LogP contribution is -2.50. The molecule has 0 aromatic heterocycles. The van der Waals surface area contributed by atoms with Crippen molar-refractivity contribution in [2.24, 2.45) is 0 Å². The molecule has 3 rings (SSSR count). The van der Waals surface area contributed by atoms with Crippen molar-refractivity contribution in [1.82, 2.24) is 10.9 Å². The molecule has 1 aliphatic heterocycles. The average Bonchev–Trinajstić information content (AvgIpc) is 2.75. The molecule has 0 saturated carbocycles. The summed E-state index contributed by atoms with van der Waals surface area (Å²) in [5, 5.41) is 0. The maximum absolute atomic E-state index is 12.2. The van der Waals surface area contributed by atoms with E-state index in [2.05, 4.69) is 10.9 Å². The van der Waals surface area contributed by atoms with Crippen LogP contribution in [0, 0.1) is 0 Å². The zero-order valence-corrected chi connectivity index (χ0v) is 15.4. The molecule has 0 aliphatic carbocycles. The van der Waals surface area contributed by atoms with Crippen LogP contribution in [0.25, 0.3) is 6.08 Å². The summed E-state index contributed by atoms with van der Waals surface area (Å²) in [4.78, 5) is 24.1. The molecule has 2 N–H and O–H groups in total. The number of benzene rings is 2. The van der Waals surface area contributed by atoms with E-state index in [1.165, 1.54) is 13.2 Å². The minimum absolute atomic E-state index is 0.0558. The number of hydrazine groups is 1. The Morgan fingerprint density at radius 2 is 1.79 bits per heavy atom. The third-order valence-electron chi connectivity index (χ3n) is 3.94. The second kappa shape index (κ2) is 8.81. The van der Waals surface area contributed by atoms with Crippen molar-refractivity contribution in [3.8, 4) is 23.0 Å². The number of para-hydroxylation sites is 2. The van der Waals surface area contributed by atoms with Gasteiger partial charge in [-0.1, -0.05) is 18.2 Å². The minimum Gasteiger partial charge on any atom is -0.493 e. The van der Waals surface area contributed by atoms with Crippen LogP contribution in [0.3, 0.4) is 0 Å². The molecule has 0 fully saturated rings. The summed E-state index contributed by atoms with van der Waals surface area (Å²) in [5.74, 6) is 1.19. The first kappa shape index (κ1) is 19.1. The summed E-state index contributed by atoms with van der Waals surface area (Å²) in [6.45, 7) is 0.0558. The van der Waals surface area contributed by atoms with Crippen molar-refractivity contribution in [2.75, 3.05) is 20.8 Å². The highest BCUT2D eigenvalue weighted by Gasteiger charge is 2.27. The van der Waals surface area contributed by atoms with E-state index in [-0.39, 0.29) is 6.61 Å². The Balaban J connectivity index is 1.52. The monoisotopic (exact) mass is 384 g/mol. The molecule has 2 amide bonds. The lowest BCUT2D eigenvalue weighted by molar-refractivity contribution is -0.134. The maximum Gasteiger partial charge on any atom is 0.283 e. The van der Waals surface area contributed by atoms with E-state index in [9.17, 15) is 9.59 Å². The van der Waals surface area contributed by atoms with Gasteiger partial charge in [0, 0.05) is 6.08 Å². The molecule has 1 atom stereocenters. The van der Waals surface area contributed by atoms with Gasteiger partial charge in [-0.3, -0.25) is 20.4 Å². The number of fused-ring (bicyclic) bond motifs is 1. The Kier molecular flexibility index (Phi) is 6.01. The first-order chi connectivity index (χ1) is 13.6. The van der Waals surface area contributed by atoms with Gasteiger partial charge in [0.05, 0.1) is 14.2 Å². The lowest BCUT2D eigenvalue weighted by Gasteiger charge is -2.25. The molecule has 8 heteroatoms. The Hall–Kier alpha value is -3.68. The summed E-state index contributed by atoms with van der Waals surface area (Å²) >= 11 is 0. The van der Waals surface area contributed by atoms with Gasteiger partial charge >= 0.3 is 0 Å². The number of carbonyl (C=O) groups is 2. The molecule has 0 saturated heterocycles. The fourth-order valence-corrected chi connectivity index (χ4v) is 2.52. The number of amides is 2. The van der Waals surface area contributed by atoms with Crippen molar-refractivity contribution in [3.05, 3.63) is 54.1 Å². The minimum atomic E-state index is -0.856. The van der Waals surface area contributed by atoms with Crippen LogP contribution in [-0.4, -0.2) is 38.7 Å². The highest BCUT2D eigenvalue weighted by atomic mass is 16.6. The van der Waals surface area contributed by atoms with Crippen molar-refractivity contribution >= 4 is 17.9 Å². The lowest BCUT2D eigenvalue weighted by atomic mass is 10.2. The average molecular weight is 384 g/mol. The Morgan fingerprint density at radius 3 is 2.54 bits per heavy atom. The van der Waals surface area contributed by atoms with E-state index < -0.39 is 17.9 Å². The van der Waals surface area contributed by atoms with Gasteiger partial charge in [-0.25, -0.2) is 0 Å². The number of nitrogens with one attached hydrogen (secondary N) is 2. The normalized spacial score (nSPS) is 15.0. The molecule has 2 aromatic rings. The summed E-state index contributed by atoms with van der Waals surface area (Å²) in [5.41, 5.74) is 5.36. The molecule has 1 unspecified atom stereocenters. The maximum atomic E-state index is 12.2. The summed E-state index contributed by atoms with van der Waals surface area (Å²) in [6.07, 6.45) is 2.01. The molecule has 28 heavy (non-hydrogen) atoms. The summed E-state index contributed by atoms with van der Waals surface area (Å²) < 4.78 is 21.4. The predicted octanol–water partition coefficient (Wildman–Crippen LogP) is 1.70. The standard InChI is InChI=1S/C20H20N2O6/c1-25-14-9-7-13(11-17(14)26-2)8-10-19(23)21-22-20(24)18-12-27-15-5-3-4-6-16(15)28-18/h3-11,18H,12H2,1-2H3,(H,21,23)(H,22,24)/b10-8+. The topological polar surface area (TPSA) is 95.1 Å². The molecule has 1 heterocycles. The van der Waals surface area contributed by atoms with E-state index in [0.29, 0.717) is 23.0 Å². The smallest absolute Gasteiger partial charge is 0.283 e. The van der Waals surface area contributed by atoms with Crippen LogP contribution in [-0.2, 0) is 9.59 Å². The number of hydrogen-bond donors (Lipinski definition) is 2. The highest BCUT2D eigenvalue weighted by molar-refractivity contribution is 5.93. The number of hydrogen-bond acceptors (Lipinski definition) is 6. The van der Waals surface area contributed by atoms with Crippen LogP contribution >= 0.6 is 0 Å². The quantitative estimate of drug-likeness (QED) is 0.602. The van der Waals surface area contributed by atoms with Crippen LogP contribution in [0.5, 0.6) is 23.0 Å². The Bertz CT molecular complexity index is 896. The largest absolute Gasteiger partial charge is 0.493 e. The van der Waals surface area contributed by atoms with Crippen molar-refractivity contribution in [2.45, 2.75) is 6.10 Å². The van der Waals surface area contributed by atoms with Crippen molar-refractivity contribution in [1.29, 1.82) is 0 Å². The number of carbonyl (C=O) groups excluding carboxylic acids is 2. The summed E-state index contributed by atoms with van der Waals surface area (Å²) in [7, 11) is 3.08.